The molecule has 15 heavy (non-hydrogen) atoms. The van der Waals surface area contributed by atoms with Gasteiger partial charge in [0.2, 0.25) is 0 Å². The molecule has 1 aromatic carbocycles. The maximum atomic E-state index is 13.4. The van der Waals surface area contributed by atoms with Crippen molar-refractivity contribution in [2.75, 3.05) is 0 Å². The van der Waals surface area contributed by atoms with Crippen molar-refractivity contribution in [3.8, 4) is 0 Å². The number of benzene rings is 1. The minimum Gasteiger partial charge on any atom is -0.481 e. The second-order valence-corrected chi connectivity index (χ2v) is 3.93. The van der Waals surface area contributed by atoms with Crippen molar-refractivity contribution >= 4 is 5.97 Å². The number of hydrogen-bond donors (Lipinski definition) is 1. The zero-order valence-electron chi connectivity index (χ0n) is 8.13. The number of halogens is 2. The van der Waals surface area contributed by atoms with Crippen molar-refractivity contribution in [2.24, 2.45) is 5.92 Å². The summed E-state index contributed by atoms with van der Waals surface area (Å²) in [4.78, 5) is 10.6. The highest BCUT2D eigenvalue weighted by Crippen LogP contribution is 2.49. The monoisotopic (exact) mass is 212 g/mol. The van der Waals surface area contributed by atoms with Crippen molar-refractivity contribution in [1.82, 2.24) is 0 Å². The Hall–Kier alpha value is -1.45. The number of carbonyl (C=O) groups is 1. The standard InChI is InChI=1S/C11H10F2O2/c1-5-2-8(12)10(9(13)3-5)6-4-7(6)11(14)15/h2-3,6-7H,4H2,1H3,(H,14,15)/t6-,7-/m1/s1. The van der Waals surface area contributed by atoms with E-state index >= 15 is 0 Å². The van der Waals surface area contributed by atoms with Gasteiger partial charge in [-0.2, -0.15) is 0 Å². The van der Waals surface area contributed by atoms with Crippen LogP contribution in [0.2, 0.25) is 0 Å². The first kappa shape index (κ1) is 10.1. The summed E-state index contributed by atoms with van der Waals surface area (Å²) in [6.45, 7) is 1.59. The van der Waals surface area contributed by atoms with E-state index in [4.69, 9.17) is 5.11 Å². The van der Waals surface area contributed by atoms with Crippen LogP contribution in [0.1, 0.15) is 23.5 Å². The predicted molar refractivity (Wildman–Crippen MR) is 49.6 cm³/mol. The summed E-state index contributed by atoms with van der Waals surface area (Å²) in [5, 5.41) is 8.68. The Morgan fingerprint density at radius 2 is 1.93 bits per heavy atom. The highest BCUT2D eigenvalue weighted by Gasteiger charge is 2.46. The number of carboxylic acid groups (broad SMARTS) is 1. The molecule has 0 radical (unpaired) electrons. The Morgan fingerprint density at radius 1 is 1.40 bits per heavy atom. The van der Waals surface area contributed by atoms with E-state index in [1.54, 1.807) is 6.92 Å². The lowest BCUT2D eigenvalue weighted by Gasteiger charge is -2.04. The molecule has 0 unspecified atom stereocenters. The summed E-state index contributed by atoms with van der Waals surface area (Å²) in [6.07, 6.45) is 0.326. The molecule has 0 aliphatic heterocycles. The first-order valence-corrected chi connectivity index (χ1v) is 4.69. The van der Waals surface area contributed by atoms with E-state index in [1.165, 1.54) is 12.1 Å². The first-order valence-electron chi connectivity index (χ1n) is 4.69. The van der Waals surface area contributed by atoms with Gasteiger partial charge in [0.05, 0.1) is 5.92 Å². The van der Waals surface area contributed by atoms with Crippen LogP contribution in [0.5, 0.6) is 0 Å². The maximum Gasteiger partial charge on any atom is 0.307 e. The Morgan fingerprint density at radius 3 is 2.33 bits per heavy atom. The zero-order valence-corrected chi connectivity index (χ0v) is 8.13. The maximum absolute atomic E-state index is 13.4. The van der Waals surface area contributed by atoms with Gasteiger partial charge in [0, 0.05) is 11.5 Å². The number of aliphatic carboxylic acids is 1. The van der Waals surface area contributed by atoms with E-state index < -0.39 is 29.4 Å². The van der Waals surface area contributed by atoms with Crippen LogP contribution < -0.4 is 0 Å². The third kappa shape index (κ3) is 1.71. The van der Waals surface area contributed by atoms with Gasteiger partial charge in [-0.05, 0) is 31.0 Å². The summed E-state index contributed by atoms with van der Waals surface area (Å²) in [5.74, 6) is -3.39. The third-order valence-electron chi connectivity index (χ3n) is 2.70. The molecule has 0 aromatic heterocycles. The summed E-state index contributed by atoms with van der Waals surface area (Å²) in [7, 11) is 0. The molecule has 0 saturated heterocycles. The molecule has 1 aliphatic carbocycles. The Balaban J connectivity index is 2.34. The van der Waals surface area contributed by atoms with Crippen LogP contribution in [-0.2, 0) is 4.79 Å². The molecule has 4 heteroatoms. The summed E-state index contributed by atoms with van der Waals surface area (Å²) in [6, 6.07) is 2.46. The van der Waals surface area contributed by atoms with Gasteiger partial charge in [-0.3, -0.25) is 4.79 Å². The van der Waals surface area contributed by atoms with E-state index in [1.807, 2.05) is 0 Å². The van der Waals surface area contributed by atoms with Crippen LogP contribution in [0.25, 0.3) is 0 Å². The Bertz CT molecular complexity index is 406. The van der Waals surface area contributed by atoms with Gasteiger partial charge in [-0.25, -0.2) is 8.78 Å². The third-order valence-corrected chi connectivity index (χ3v) is 2.70. The second kappa shape index (κ2) is 3.29. The van der Waals surface area contributed by atoms with Crippen LogP contribution in [-0.4, -0.2) is 11.1 Å². The Kier molecular flexibility index (Phi) is 2.21. The summed E-state index contributed by atoms with van der Waals surface area (Å²) >= 11 is 0. The quantitative estimate of drug-likeness (QED) is 0.817. The molecule has 0 bridgehead atoms. The van der Waals surface area contributed by atoms with Gasteiger partial charge in [-0.1, -0.05) is 0 Å². The van der Waals surface area contributed by atoms with Gasteiger partial charge in [-0.15, -0.1) is 0 Å². The van der Waals surface area contributed by atoms with Gasteiger partial charge >= 0.3 is 5.97 Å². The van der Waals surface area contributed by atoms with E-state index in [0.29, 0.717) is 12.0 Å². The molecule has 1 aliphatic rings. The van der Waals surface area contributed by atoms with Crippen LogP contribution >= 0.6 is 0 Å². The van der Waals surface area contributed by atoms with Crippen LogP contribution in [0.3, 0.4) is 0 Å². The molecular formula is C11H10F2O2. The highest BCUT2D eigenvalue weighted by molar-refractivity contribution is 5.75. The smallest absolute Gasteiger partial charge is 0.307 e. The predicted octanol–water partition coefficient (Wildman–Crippen LogP) is 2.46. The molecule has 1 saturated carbocycles. The van der Waals surface area contributed by atoms with Crippen molar-refractivity contribution in [3.63, 3.8) is 0 Å². The SMILES string of the molecule is Cc1cc(F)c([C@@H]2C[C@H]2C(=O)O)c(F)c1. The number of carboxylic acids is 1. The molecule has 1 N–H and O–H groups in total. The fourth-order valence-corrected chi connectivity index (χ4v) is 1.85. The fraction of sp³-hybridized carbons (Fsp3) is 0.364. The number of hydrogen-bond acceptors (Lipinski definition) is 1. The molecule has 0 amide bonds. The van der Waals surface area contributed by atoms with E-state index in [2.05, 4.69) is 0 Å². The minimum absolute atomic E-state index is 0.0759. The minimum atomic E-state index is -0.987. The molecule has 0 spiro atoms. The summed E-state index contributed by atoms with van der Waals surface area (Å²) < 4.78 is 26.8. The average molecular weight is 212 g/mol. The lowest BCUT2D eigenvalue weighted by Crippen LogP contribution is -2.02. The summed E-state index contributed by atoms with van der Waals surface area (Å²) in [5.41, 5.74) is 0.425. The molecule has 2 nitrogen and oxygen atoms in total. The highest BCUT2D eigenvalue weighted by atomic mass is 19.1. The van der Waals surface area contributed by atoms with Crippen LogP contribution in [0, 0.1) is 24.5 Å². The number of aryl methyl sites for hydroxylation is 1. The van der Waals surface area contributed by atoms with Crippen LogP contribution in [0.4, 0.5) is 8.78 Å². The lowest BCUT2D eigenvalue weighted by atomic mass is 10.1. The zero-order chi connectivity index (χ0) is 11.2. The van der Waals surface area contributed by atoms with E-state index in [0.717, 1.165) is 0 Å². The molecular weight excluding hydrogens is 202 g/mol. The molecule has 2 rings (SSSR count). The van der Waals surface area contributed by atoms with Crippen molar-refractivity contribution < 1.29 is 18.7 Å². The van der Waals surface area contributed by atoms with Crippen molar-refractivity contribution in [3.05, 3.63) is 34.9 Å². The van der Waals surface area contributed by atoms with Gasteiger partial charge in [0.25, 0.3) is 0 Å². The fourth-order valence-electron chi connectivity index (χ4n) is 1.85. The van der Waals surface area contributed by atoms with E-state index in [9.17, 15) is 13.6 Å². The van der Waals surface area contributed by atoms with Gasteiger partial charge in [0.15, 0.2) is 0 Å². The topological polar surface area (TPSA) is 37.3 Å². The average Bonchev–Trinajstić information content (AvgIpc) is 2.81. The molecule has 80 valence electrons. The van der Waals surface area contributed by atoms with E-state index in [-0.39, 0.29) is 5.56 Å². The molecule has 1 aromatic rings. The Labute approximate surface area is 85.5 Å². The largest absolute Gasteiger partial charge is 0.481 e. The second-order valence-electron chi connectivity index (χ2n) is 3.93. The number of rotatable bonds is 2. The first-order chi connectivity index (χ1) is 7.00. The van der Waals surface area contributed by atoms with Gasteiger partial charge < -0.3 is 5.11 Å². The van der Waals surface area contributed by atoms with Crippen molar-refractivity contribution in [1.29, 1.82) is 0 Å². The molecule has 2 atom stereocenters. The molecule has 0 heterocycles. The lowest BCUT2D eigenvalue weighted by molar-refractivity contribution is -0.138. The van der Waals surface area contributed by atoms with Crippen LogP contribution in [0.15, 0.2) is 12.1 Å². The molecule has 1 fully saturated rings. The normalized spacial score (nSPS) is 23.9. The van der Waals surface area contributed by atoms with Gasteiger partial charge in [0.1, 0.15) is 11.6 Å². The van der Waals surface area contributed by atoms with Crippen molar-refractivity contribution in [2.45, 2.75) is 19.3 Å².